The predicted octanol–water partition coefficient (Wildman–Crippen LogP) is 3.31. The Hall–Kier alpha value is -3.54. The second-order valence-electron chi connectivity index (χ2n) is 6.16. The number of aromatic nitrogens is 4. The van der Waals surface area contributed by atoms with Crippen LogP contribution in [0, 0.1) is 6.92 Å². The molecule has 0 spiro atoms. The van der Waals surface area contributed by atoms with Crippen LogP contribution in [0.5, 0.6) is 0 Å². The maximum absolute atomic E-state index is 12.4. The normalized spacial score (nSPS) is 10.8. The van der Waals surface area contributed by atoms with Gasteiger partial charge in [0.2, 0.25) is 5.91 Å². The monoisotopic (exact) mass is 343 g/mol. The van der Waals surface area contributed by atoms with Gasteiger partial charge in [-0.1, -0.05) is 42.5 Å². The van der Waals surface area contributed by atoms with Crippen molar-refractivity contribution in [1.29, 1.82) is 0 Å². The molecule has 1 amide bonds. The summed E-state index contributed by atoms with van der Waals surface area (Å²) < 4.78 is 1.59. The third-order valence-corrected chi connectivity index (χ3v) is 4.25. The average molecular weight is 343 g/mol. The highest BCUT2D eigenvalue weighted by Gasteiger charge is 2.08. The molecule has 0 saturated carbocycles. The summed E-state index contributed by atoms with van der Waals surface area (Å²) in [5, 5.41) is 16.4. The Bertz CT molecular complexity index is 1070. The first-order chi connectivity index (χ1) is 12.7. The lowest BCUT2D eigenvalue weighted by atomic mass is 10.0. The van der Waals surface area contributed by atoms with Crippen LogP contribution in [0.3, 0.4) is 0 Å². The molecule has 0 saturated heterocycles. The lowest BCUT2D eigenvalue weighted by Crippen LogP contribution is -2.14. The van der Waals surface area contributed by atoms with E-state index < -0.39 is 0 Å². The minimum Gasteiger partial charge on any atom is -0.326 e. The Kier molecular flexibility index (Phi) is 4.15. The van der Waals surface area contributed by atoms with E-state index in [0.29, 0.717) is 6.42 Å². The van der Waals surface area contributed by atoms with E-state index in [9.17, 15) is 4.79 Å². The highest BCUT2D eigenvalue weighted by Crippen LogP contribution is 2.19. The quantitative estimate of drug-likeness (QED) is 0.617. The topological polar surface area (TPSA) is 72.7 Å². The molecule has 0 aliphatic carbocycles. The van der Waals surface area contributed by atoms with Gasteiger partial charge in [-0.3, -0.25) is 4.79 Å². The molecule has 0 atom stereocenters. The number of fused-ring (bicyclic) bond motifs is 1. The third-order valence-electron chi connectivity index (χ3n) is 4.25. The fourth-order valence-corrected chi connectivity index (χ4v) is 3.00. The summed E-state index contributed by atoms with van der Waals surface area (Å²) in [4.78, 5) is 12.4. The summed E-state index contributed by atoms with van der Waals surface area (Å²) in [6, 6.07) is 19.9. The van der Waals surface area contributed by atoms with E-state index in [0.717, 1.165) is 27.9 Å². The summed E-state index contributed by atoms with van der Waals surface area (Å²) in [6.45, 7) is 1.95. The van der Waals surface area contributed by atoms with Gasteiger partial charge >= 0.3 is 0 Å². The van der Waals surface area contributed by atoms with E-state index in [4.69, 9.17) is 0 Å². The summed E-state index contributed by atoms with van der Waals surface area (Å²) in [5.74, 6) is -0.0464. The Balaban J connectivity index is 1.48. The van der Waals surface area contributed by atoms with E-state index in [1.807, 2.05) is 49.4 Å². The molecule has 0 aliphatic rings. The molecule has 0 bridgehead atoms. The molecule has 0 unspecified atom stereocenters. The predicted molar refractivity (Wildman–Crippen MR) is 100 cm³/mol. The maximum atomic E-state index is 12.4. The maximum Gasteiger partial charge on any atom is 0.228 e. The Morgan fingerprint density at radius 3 is 2.65 bits per heavy atom. The van der Waals surface area contributed by atoms with Gasteiger partial charge in [0.1, 0.15) is 6.33 Å². The number of anilines is 1. The van der Waals surface area contributed by atoms with Crippen LogP contribution in [0.15, 0.2) is 67.0 Å². The van der Waals surface area contributed by atoms with E-state index in [-0.39, 0.29) is 5.91 Å². The van der Waals surface area contributed by atoms with Gasteiger partial charge in [-0.2, -0.15) is 0 Å². The molecule has 128 valence electrons. The molecule has 0 radical (unpaired) electrons. The van der Waals surface area contributed by atoms with Crippen LogP contribution < -0.4 is 5.32 Å². The molecule has 0 fully saturated rings. The van der Waals surface area contributed by atoms with Crippen LogP contribution in [0.25, 0.3) is 16.5 Å². The molecule has 3 aromatic carbocycles. The van der Waals surface area contributed by atoms with Gasteiger partial charge in [-0.15, -0.1) is 5.10 Å². The zero-order valence-corrected chi connectivity index (χ0v) is 14.3. The number of aryl methyl sites for hydroxylation is 1. The number of carbonyl (C=O) groups excluding carboxylic acids is 1. The van der Waals surface area contributed by atoms with Gasteiger partial charge < -0.3 is 5.32 Å². The second kappa shape index (κ2) is 6.76. The minimum atomic E-state index is -0.0464. The zero-order chi connectivity index (χ0) is 17.9. The first-order valence-electron chi connectivity index (χ1n) is 8.30. The number of carbonyl (C=O) groups is 1. The summed E-state index contributed by atoms with van der Waals surface area (Å²) >= 11 is 0. The molecular formula is C20H17N5O. The minimum absolute atomic E-state index is 0.0464. The molecule has 1 N–H and O–H groups in total. The van der Waals surface area contributed by atoms with Crippen molar-refractivity contribution in [2.24, 2.45) is 0 Å². The smallest absolute Gasteiger partial charge is 0.228 e. The van der Waals surface area contributed by atoms with Crippen LogP contribution in [0.4, 0.5) is 5.69 Å². The van der Waals surface area contributed by atoms with E-state index in [2.05, 4.69) is 39.0 Å². The zero-order valence-electron chi connectivity index (χ0n) is 14.3. The molecule has 1 aromatic heterocycles. The average Bonchev–Trinajstić information content (AvgIpc) is 3.16. The number of nitrogens with zero attached hydrogens (tertiary/aromatic N) is 4. The Labute approximate surface area is 150 Å². The van der Waals surface area contributed by atoms with Crippen LogP contribution in [0.1, 0.15) is 11.1 Å². The molecule has 4 aromatic rings. The lowest BCUT2D eigenvalue weighted by Gasteiger charge is -2.10. The number of benzene rings is 3. The van der Waals surface area contributed by atoms with Crippen LogP contribution >= 0.6 is 0 Å². The highest BCUT2D eigenvalue weighted by atomic mass is 16.1. The van der Waals surface area contributed by atoms with Gasteiger partial charge in [0.15, 0.2) is 0 Å². The van der Waals surface area contributed by atoms with Gasteiger partial charge in [0.25, 0.3) is 0 Å². The van der Waals surface area contributed by atoms with Gasteiger partial charge in [0, 0.05) is 5.69 Å². The summed E-state index contributed by atoms with van der Waals surface area (Å²) in [6.07, 6.45) is 1.87. The second-order valence-corrected chi connectivity index (χ2v) is 6.16. The van der Waals surface area contributed by atoms with Crippen molar-refractivity contribution in [2.45, 2.75) is 13.3 Å². The van der Waals surface area contributed by atoms with Gasteiger partial charge in [-0.25, -0.2) is 4.68 Å². The van der Waals surface area contributed by atoms with E-state index >= 15 is 0 Å². The van der Waals surface area contributed by atoms with E-state index in [1.54, 1.807) is 11.0 Å². The first kappa shape index (κ1) is 16.0. The Morgan fingerprint density at radius 1 is 1.04 bits per heavy atom. The molecule has 4 rings (SSSR count). The van der Waals surface area contributed by atoms with Crippen molar-refractivity contribution in [1.82, 2.24) is 20.2 Å². The van der Waals surface area contributed by atoms with Crippen molar-refractivity contribution in [3.63, 3.8) is 0 Å². The number of tetrazole rings is 1. The first-order valence-corrected chi connectivity index (χ1v) is 8.30. The standard InChI is InChI=1S/C20H17N5O/c1-14-10-18(8-9-19(14)25-13-21-23-24-25)22-20(26)12-15-6-7-16-4-2-3-5-17(16)11-15/h2-11,13H,12H2,1H3,(H,22,26). The SMILES string of the molecule is Cc1cc(NC(=O)Cc2ccc3ccccc3c2)ccc1-n1cnnn1. The largest absolute Gasteiger partial charge is 0.326 e. The van der Waals surface area contributed by atoms with Crippen molar-refractivity contribution < 1.29 is 4.79 Å². The fraction of sp³-hybridized carbons (Fsp3) is 0.100. The Morgan fingerprint density at radius 2 is 1.88 bits per heavy atom. The van der Waals surface area contributed by atoms with Crippen molar-refractivity contribution in [2.75, 3.05) is 5.32 Å². The van der Waals surface area contributed by atoms with E-state index in [1.165, 1.54) is 5.39 Å². The molecule has 0 aliphatic heterocycles. The number of hydrogen-bond acceptors (Lipinski definition) is 4. The highest BCUT2D eigenvalue weighted by molar-refractivity contribution is 5.93. The lowest BCUT2D eigenvalue weighted by molar-refractivity contribution is -0.115. The van der Waals surface area contributed by atoms with Crippen LogP contribution in [0.2, 0.25) is 0 Å². The molecule has 6 nitrogen and oxygen atoms in total. The number of amides is 1. The van der Waals surface area contributed by atoms with Crippen molar-refractivity contribution >= 4 is 22.4 Å². The fourth-order valence-electron chi connectivity index (χ4n) is 3.00. The molecule has 6 heteroatoms. The van der Waals surface area contributed by atoms with Crippen molar-refractivity contribution in [3.05, 3.63) is 78.1 Å². The number of rotatable bonds is 4. The van der Waals surface area contributed by atoms with Gasteiger partial charge in [-0.05, 0) is 57.4 Å². The van der Waals surface area contributed by atoms with Crippen LogP contribution in [-0.2, 0) is 11.2 Å². The summed E-state index contributed by atoms with van der Waals surface area (Å²) in [7, 11) is 0. The third kappa shape index (κ3) is 3.30. The molecular weight excluding hydrogens is 326 g/mol. The van der Waals surface area contributed by atoms with Gasteiger partial charge in [0.05, 0.1) is 12.1 Å². The summed E-state index contributed by atoms with van der Waals surface area (Å²) in [5.41, 5.74) is 3.59. The number of nitrogens with one attached hydrogen (secondary N) is 1. The van der Waals surface area contributed by atoms with Crippen molar-refractivity contribution in [3.8, 4) is 5.69 Å². The van der Waals surface area contributed by atoms with Crippen LogP contribution in [-0.4, -0.2) is 26.1 Å². The number of hydrogen-bond donors (Lipinski definition) is 1. The molecule has 26 heavy (non-hydrogen) atoms. The molecule has 1 heterocycles.